The number of rotatable bonds is 4. The summed E-state index contributed by atoms with van der Waals surface area (Å²) in [5.41, 5.74) is 0.608. The predicted octanol–water partition coefficient (Wildman–Crippen LogP) is 3.00. The number of benzene rings is 1. The number of methoxy groups -OCH3 is 1. The SMILES string of the molecule is COC(=O)CSc1ccc2oc(B3OC(C)(C)C(C)(C)O3)cc2c1. The van der Waals surface area contributed by atoms with E-state index in [1.54, 1.807) is 0 Å². The average Bonchev–Trinajstić information content (AvgIpc) is 3.02. The van der Waals surface area contributed by atoms with Gasteiger partial charge in [-0.2, -0.15) is 0 Å². The topological polar surface area (TPSA) is 57.9 Å². The van der Waals surface area contributed by atoms with Gasteiger partial charge < -0.3 is 18.5 Å². The third-order valence-electron chi connectivity index (χ3n) is 4.58. The van der Waals surface area contributed by atoms with E-state index in [0.717, 1.165) is 15.9 Å². The Morgan fingerprint density at radius 2 is 1.83 bits per heavy atom. The molecule has 0 spiro atoms. The van der Waals surface area contributed by atoms with Crippen LogP contribution in [0.5, 0.6) is 0 Å². The molecule has 0 unspecified atom stereocenters. The quantitative estimate of drug-likeness (QED) is 0.481. The zero-order chi connectivity index (χ0) is 17.5. The largest absolute Gasteiger partial charge is 0.532 e. The summed E-state index contributed by atoms with van der Waals surface area (Å²) >= 11 is 1.43. The van der Waals surface area contributed by atoms with E-state index >= 15 is 0 Å². The van der Waals surface area contributed by atoms with Gasteiger partial charge in [-0.3, -0.25) is 4.79 Å². The number of hydrogen-bond acceptors (Lipinski definition) is 6. The Morgan fingerprint density at radius 3 is 2.46 bits per heavy atom. The summed E-state index contributed by atoms with van der Waals surface area (Å²) in [7, 11) is 0.868. The van der Waals surface area contributed by atoms with E-state index in [2.05, 4.69) is 4.74 Å². The summed E-state index contributed by atoms with van der Waals surface area (Å²) in [4.78, 5) is 12.2. The second-order valence-corrected chi connectivity index (χ2v) is 7.85. The molecule has 0 N–H and O–H groups in total. The number of furan rings is 1. The number of esters is 1. The molecule has 0 aliphatic carbocycles. The van der Waals surface area contributed by atoms with Crippen molar-refractivity contribution in [1.82, 2.24) is 0 Å². The fourth-order valence-corrected chi connectivity index (χ4v) is 3.19. The highest BCUT2D eigenvalue weighted by atomic mass is 32.2. The van der Waals surface area contributed by atoms with Gasteiger partial charge in [-0.25, -0.2) is 0 Å². The lowest BCUT2D eigenvalue weighted by atomic mass is 9.86. The van der Waals surface area contributed by atoms with Crippen LogP contribution in [-0.2, 0) is 18.8 Å². The minimum absolute atomic E-state index is 0.245. The van der Waals surface area contributed by atoms with Crippen molar-refractivity contribution in [3.8, 4) is 0 Å². The van der Waals surface area contributed by atoms with Gasteiger partial charge in [0.1, 0.15) is 11.2 Å². The molecular weight excluding hydrogens is 327 g/mol. The normalized spacial score (nSPS) is 19.0. The Kier molecular flexibility index (Phi) is 4.44. The van der Waals surface area contributed by atoms with Crippen LogP contribution in [0.3, 0.4) is 0 Å². The zero-order valence-electron chi connectivity index (χ0n) is 14.5. The van der Waals surface area contributed by atoms with Crippen LogP contribution in [0.25, 0.3) is 11.0 Å². The molecule has 0 amide bonds. The summed E-state index contributed by atoms with van der Waals surface area (Å²) in [6.45, 7) is 8.04. The number of fused-ring (bicyclic) bond motifs is 1. The second-order valence-electron chi connectivity index (χ2n) is 6.80. The molecule has 0 atom stereocenters. The first-order valence-electron chi connectivity index (χ1n) is 7.80. The number of ether oxygens (including phenoxy) is 1. The first-order valence-corrected chi connectivity index (χ1v) is 8.79. The van der Waals surface area contributed by atoms with E-state index in [-0.39, 0.29) is 11.7 Å². The highest BCUT2D eigenvalue weighted by Gasteiger charge is 2.53. The van der Waals surface area contributed by atoms with Crippen LogP contribution in [0.2, 0.25) is 0 Å². The van der Waals surface area contributed by atoms with E-state index in [0.29, 0.717) is 5.66 Å². The summed E-state index contributed by atoms with van der Waals surface area (Å²) in [5, 5.41) is 0.953. The molecule has 2 aromatic rings. The van der Waals surface area contributed by atoms with Crippen molar-refractivity contribution in [3.63, 3.8) is 0 Å². The lowest BCUT2D eigenvalue weighted by Gasteiger charge is -2.32. The Morgan fingerprint density at radius 1 is 1.17 bits per heavy atom. The van der Waals surface area contributed by atoms with Gasteiger partial charge in [0.05, 0.1) is 24.1 Å². The number of hydrogen-bond donors (Lipinski definition) is 0. The first-order chi connectivity index (χ1) is 11.2. The molecule has 1 aromatic carbocycles. The van der Waals surface area contributed by atoms with E-state index in [4.69, 9.17) is 13.7 Å². The third-order valence-corrected chi connectivity index (χ3v) is 5.54. The van der Waals surface area contributed by atoms with Crippen molar-refractivity contribution in [2.45, 2.75) is 43.8 Å². The third kappa shape index (κ3) is 3.20. The van der Waals surface area contributed by atoms with Crippen molar-refractivity contribution in [2.24, 2.45) is 0 Å². The smallest absolute Gasteiger partial charge is 0.468 e. The van der Waals surface area contributed by atoms with Crippen molar-refractivity contribution in [1.29, 1.82) is 0 Å². The Labute approximate surface area is 146 Å². The molecular formula is C17H21BO5S. The maximum Gasteiger partial charge on any atom is 0.532 e. The molecule has 1 aliphatic rings. The monoisotopic (exact) mass is 348 g/mol. The first kappa shape index (κ1) is 17.4. The molecule has 0 radical (unpaired) electrons. The van der Waals surface area contributed by atoms with Gasteiger partial charge in [0.25, 0.3) is 0 Å². The minimum atomic E-state index is -0.520. The van der Waals surface area contributed by atoms with E-state index in [9.17, 15) is 4.79 Å². The zero-order valence-corrected chi connectivity index (χ0v) is 15.4. The van der Waals surface area contributed by atoms with Crippen LogP contribution in [0.15, 0.2) is 33.6 Å². The molecule has 24 heavy (non-hydrogen) atoms. The van der Waals surface area contributed by atoms with Crippen molar-refractivity contribution in [3.05, 3.63) is 24.3 Å². The predicted molar refractivity (Wildman–Crippen MR) is 94.7 cm³/mol. The fourth-order valence-electron chi connectivity index (χ4n) is 2.41. The van der Waals surface area contributed by atoms with Gasteiger partial charge in [-0.1, -0.05) is 0 Å². The van der Waals surface area contributed by atoms with Crippen molar-refractivity contribution >= 4 is 41.5 Å². The number of carbonyl (C=O) groups excluding carboxylic acids is 1. The Hall–Kier alpha value is -1.44. The van der Waals surface area contributed by atoms with Crippen LogP contribution >= 0.6 is 11.8 Å². The molecule has 1 fully saturated rings. The molecule has 1 aromatic heterocycles. The van der Waals surface area contributed by atoms with Crippen LogP contribution in [0, 0.1) is 0 Å². The number of carbonyl (C=O) groups is 1. The highest BCUT2D eigenvalue weighted by Crippen LogP contribution is 2.37. The lowest BCUT2D eigenvalue weighted by Crippen LogP contribution is -2.41. The maximum absolute atomic E-state index is 11.3. The lowest BCUT2D eigenvalue weighted by molar-refractivity contribution is -0.137. The standard InChI is InChI=1S/C17H21BO5S/c1-16(2)17(3,4)23-18(22-16)14-9-11-8-12(6-7-13(11)21-14)24-10-15(19)20-5/h6-9H,10H2,1-5H3. The molecule has 128 valence electrons. The van der Waals surface area contributed by atoms with Crippen LogP contribution in [0.4, 0.5) is 0 Å². The Balaban J connectivity index is 1.81. The highest BCUT2D eigenvalue weighted by molar-refractivity contribution is 8.00. The molecule has 3 rings (SSSR count). The van der Waals surface area contributed by atoms with Gasteiger partial charge in [0, 0.05) is 10.3 Å². The van der Waals surface area contributed by atoms with Crippen molar-refractivity contribution in [2.75, 3.05) is 12.9 Å². The van der Waals surface area contributed by atoms with Gasteiger partial charge in [-0.15, -0.1) is 11.8 Å². The van der Waals surface area contributed by atoms with Crippen LogP contribution in [-0.4, -0.2) is 37.2 Å². The van der Waals surface area contributed by atoms with E-state index < -0.39 is 18.3 Å². The molecule has 7 heteroatoms. The van der Waals surface area contributed by atoms with Gasteiger partial charge in [-0.05, 0) is 52.0 Å². The Bertz CT molecular complexity index is 751. The second kappa shape index (κ2) is 6.13. The van der Waals surface area contributed by atoms with E-state index in [1.165, 1.54) is 18.9 Å². The van der Waals surface area contributed by atoms with Crippen LogP contribution < -0.4 is 5.66 Å². The molecule has 0 saturated carbocycles. The summed E-state index contributed by atoms with van der Waals surface area (Å²) < 4.78 is 22.6. The molecule has 1 aliphatic heterocycles. The average molecular weight is 348 g/mol. The number of thioether (sulfide) groups is 1. The summed E-state index contributed by atoms with van der Waals surface area (Å²) in [6.07, 6.45) is 0. The van der Waals surface area contributed by atoms with Gasteiger partial charge in [0.15, 0.2) is 0 Å². The van der Waals surface area contributed by atoms with E-state index in [1.807, 2.05) is 52.0 Å². The molecule has 5 nitrogen and oxygen atoms in total. The van der Waals surface area contributed by atoms with Crippen LogP contribution in [0.1, 0.15) is 27.7 Å². The summed E-state index contributed by atoms with van der Waals surface area (Å²) in [6, 6.07) is 7.73. The molecule has 0 bridgehead atoms. The minimum Gasteiger partial charge on any atom is -0.468 e. The fraction of sp³-hybridized carbons (Fsp3) is 0.471. The summed E-state index contributed by atoms with van der Waals surface area (Å²) in [5.74, 6) is 0.0365. The molecule has 2 heterocycles. The van der Waals surface area contributed by atoms with Gasteiger partial charge >= 0.3 is 13.1 Å². The molecule has 1 saturated heterocycles. The van der Waals surface area contributed by atoms with Gasteiger partial charge in [0.2, 0.25) is 0 Å². The maximum atomic E-state index is 11.3. The van der Waals surface area contributed by atoms with Crippen molar-refractivity contribution < 1.29 is 23.3 Å².